The predicted molar refractivity (Wildman–Crippen MR) is 102 cm³/mol. The van der Waals surface area contributed by atoms with E-state index in [4.69, 9.17) is 0 Å². The zero-order valence-corrected chi connectivity index (χ0v) is 15.4. The van der Waals surface area contributed by atoms with Crippen molar-refractivity contribution < 1.29 is 19.4 Å². The summed E-state index contributed by atoms with van der Waals surface area (Å²) >= 11 is 1.14. The van der Waals surface area contributed by atoms with Gasteiger partial charge in [-0.2, -0.15) is 0 Å². The SMILES string of the molecule is CN1CCN(c2cc3c(c(CO)c2F)c(=O)c(C(=O)O)c2sccn23)CC1. The molecule has 27 heavy (non-hydrogen) atoms. The van der Waals surface area contributed by atoms with Crippen LogP contribution in [0.15, 0.2) is 22.4 Å². The molecule has 7 nitrogen and oxygen atoms in total. The average Bonchev–Trinajstić information content (AvgIpc) is 3.11. The number of carbonyl (C=O) groups is 1. The molecule has 2 N–H and O–H groups in total. The number of aliphatic hydroxyl groups is 1. The Hall–Kier alpha value is -2.49. The Labute approximate surface area is 157 Å². The molecule has 0 bridgehead atoms. The number of benzene rings is 1. The highest BCUT2D eigenvalue weighted by Crippen LogP contribution is 2.32. The molecule has 0 amide bonds. The Morgan fingerprint density at radius 2 is 2.00 bits per heavy atom. The van der Waals surface area contributed by atoms with E-state index in [9.17, 15) is 19.8 Å². The number of hydrogen-bond donors (Lipinski definition) is 2. The number of likely N-dealkylation sites (N-methyl/N-ethyl adjacent to an activating group) is 1. The number of aromatic nitrogens is 1. The van der Waals surface area contributed by atoms with Gasteiger partial charge in [0, 0.05) is 43.3 Å². The molecule has 0 saturated carbocycles. The number of piperazine rings is 1. The van der Waals surface area contributed by atoms with E-state index >= 15 is 4.39 Å². The molecule has 1 fully saturated rings. The summed E-state index contributed by atoms with van der Waals surface area (Å²) in [5.41, 5.74) is -0.607. The molecule has 9 heteroatoms. The van der Waals surface area contributed by atoms with Crippen molar-refractivity contribution in [3.63, 3.8) is 0 Å². The van der Waals surface area contributed by atoms with Crippen LogP contribution >= 0.6 is 11.3 Å². The summed E-state index contributed by atoms with van der Waals surface area (Å²) in [6.07, 6.45) is 1.65. The summed E-state index contributed by atoms with van der Waals surface area (Å²) in [4.78, 5) is 28.8. The number of hydrogen-bond acceptors (Lipinski definition) is 6. The quantitative estimate of drug-likeness (QED) is 0.705. The first kappa shape index (κ1) is 17.9. The lowest BCUT2D eigenvalue weighted by Gasteiger charge is -2.34. The number of aliphatic hydroxyl groups excluding tert-OH is 1. The Morgan fingerprint density at radius 1 is 1.30 bits per heavy atom. The molecule has 1 aliphatic heterocycles. The molecule has 3 aromatic rings. The zero-order valence-electron chi connectivity index (χ0n) is 14.6. The summed E-state index contributed by atoms with van der Waals surface area (Å²) in [7, 11) is 2.00. The van der Waals surface area contributed by atoms with E-state index in [1.807, 2.05) is 11.9 Å². The Morgan fingerprint density at radius 3 is 2.63 bits per heavy atom. The lowest BCUT2D eigenvalue weighted by molar-refractivity contribution is 0.0697. The van der Waals surface area contributed by atoms with Crippen LogP contribution in [0, 0.1) is 5.82 Å². The van der Waals surface area contributed by atoms with Gasteiger partial charge in [0.25, 0.3) is 0 Å². The van der Waals surface area contributed by atoms with Gasteiger partial charge in [0.15, 0.2) is 5.82 Å². The van der Waals surface area contributed by atoms with Crippen molar-refractivity contribution in [1.82, 2.24) is 9.30 Å². The topological polar surface area (TPSA) is 85.5 Å². The van der Waals surface area contributed by atoms with Crippen molar-refractivity contribution in [3.8, 4) is 0 Å². The van der Waals surface area contributed by atoms with Gasteiger partial charge in [-0.15, -0.1) is 11.3 Å². The Bertz CT molecular complexity index is 1120. The average molecular weight is 391 g/mol. The maximum atomic E-state index is 15.2. The summed E-state index contributed by atoms with van der Waals surface area (Å²) < 4.78 is 16.8. The number of halogens is 1. The van der Waals surface area contributed by atoms with Gasteiger partial charge in [0.2, 0.25) is 5.43 Å². The fourth-order valence-electron chi connectivity index (χ4n) is 3.61. The van der Waals surface area contributed by atoms with Crippen molar-refractivity contribution in [2.75, 3.05) is 38.1 Å². The minimum Gasteiger partial charge on any atom is -0.477 e. The molecule has 1 aliphatic rings. The van der Waals surface area contributed by atoms with E-state index < -0.39 is 29.4 Å². The number of pyridine rings is 1. The molecule has 0 spiro atoms. The molecule has 0 aliphatic carbocycles. The van der Waals surface area contributed by atoms with E-state index in [2.05, 4.69) is 4.90 Å². The van der Waals surface area contributed by atoms with Crippen LogP contribution in [-0.2, 0) is 6.61 Å². The van der Waals surface area contributed by atoms with Crippen LogP contribution in [0.2, 0.25) is 0 Å². The van der Waals surface area contributed by atoms with Crippen LogP contribution in [0.1, 0.15) is 15.9 Å². The van der Waals surface area contributed by atoms with Gasteiger partial charge < -0.3 is 24.4 Å². The highest BCUT2D eigenvalue weighted by molar-refractivity contribution is 7.16. The van der Waals surface area contributed by atoms with Crippen LogP contribution in [0.5, 0.6) is 0 Å². The third kappa shape index (κ3) is 2.70. The van der Waals surface area contributed by atoms with E-state index in [1.165, 1.54) is 0 Å². The summed E-state index contributed by atoms with van der Waals surface area (Å²) in [5, 5.41) is 20.9. The van der Waals surface area contributed by atoms with E-state index in [0.717, 1.165) is 24.4 Å². The highest BCUT2D eigenvalue weighted by Gasteiger charge is 2.26. The van der Waals surface area contributed by atoms with Gasteiger partial charge >= 0.3 is 5.97 Å². The summed E-state index contributed by atoms with van der Waals surface area (Å²) in [5.74, 6) is -2.03. The molecule has 0 unspecified atom stereocenters. The molecule has 4 rings (SSSR count). The minimum atomic E-state index is -1.37. The predicted octanol–water partition coefficient (Wildman–Crippen LogP) is 1.60. The van der Waals surface area contributed by atoms with Crippen molar-refractivity contribution in [3.05, 3.63) is 44.8 Å². The van der Waals surface area contributed by atoms with Crippen molar-refractivity contribution >= 4 is 38.7 Å². The molecular weight excluding hydrogens is 373 g/mol. The number of carboxylic acids is 1. The Balaban J connectivity index is 2.08. The van der Waals surface area contributed by atoms with Gasteiger partial charge in [0.1, 0.15) is 10.4 Å². The fourth-order valence-corrected chi connectivity index (χ4v) is 4.50. The highest BCUT2D eigenvalue weighted by atomic mass is 32.1. The van der Waals surface area contributed by atoms with E-state index in [0.29, 0.717) is 29.1 Å². The molecule has 1 aromatic carbocycles. The van der Waals surface area contributed by atoms with Crippen LogP contribution in [0.25, 0.3) is 15.7 Å². The van der Waals surface area contributed by atoms with E-state index in [-0.39, 0.29) is 10.9 Å². The first-order valence-electron chi connectivity index (χ1n) is 8.48. The van der Waals surface area contributed by atoms with Crippen molar-refractivity contribution in [1.29, 1.82) is 0 Å². The summed E-state index contributed by atoms with van der Waals surface area (Å²) in [6, 6.07) is 1.59. The fraction of sp³-hybridized carbons (Fsp3) is 0.333. The second-order valence-electron chi connectivity index (χ2n) is 6.62. The van der Waals surface area contributed by atoms with Gasteiger partial charge in [-0.1, -0.05) is 0 Å². The standard InChI is InChI=1S/C18H18FN3O4S/c1-20-2-4-21(5-3-20)12-8-11-13(10(9-23)15(12)19)16(24)14(18(25)26)17-22(11)6-7-27-17/h6-8,23H,2-5,9H2,1H3,(H,25,26). The van der Waals surface area contributed by atoms with Crippen LogP contribution in [-0.4, -0.2) is 58.7 Å². The number of carboxylic acid groups (broad SMARTS) is 1. The van der Waals surface area contributed by atoms with Gasteiger partial charge in [-0.25, -0.2) is 9.18 Å². The number of thiazole rings is 1. The maximum Gasteiger partial charge on any atom is 0.342 e. The van der Waals surface area contributed by atoms with Crippen molar-refractivity contribution in [2.45, 2.75) is 6.61 Å². The Kier molecular flexibility index (Phi) is 4.37. The molecule has 2 aromatic heterocycles. The molecule has 142 valence electrons. The van der Waals surface area contributed by atoms with E-state index in [1.54, 1.807) is 22.0 Å². The number of aromatic carboxylic acids is 1. The molecule has 0 radical (unpaired) electrons. The second kappa shape index (κ2) is 6.59. The van der Waals surface area contributed by atoms with Crippen LogP contribution in [0.3, 0.4) is 0 Å². The molecular formula is C18H18FN3O4S. The first-order chi connectivity index (χ1) is 12.9. The number of rotatable bonds is 3. The molecule has 0 atom stereocenters. The molecule has 1 saturated heterocycles. The number of nitrogens with zero attached hydrogens (tertiary/aromatic N) is 3. The second-order valence-corrected chi connectivity index (χ2v) is 7.51. The van der Waals surface area contributed by atoms with Crippen LogP contribution < -0.4 is 10.3 Å². The van der Waals surface area contributed by atoms with Crippen LogP contribution in [0.4, 0.5) is 10.1 Å². The zero-order chi connectivity index (χ0) is 19.3. The smallest absolute Gasteiger partial charge is 0.342 e. The summed E-state index contributed by atoms with van der Waals surface area (Å²) in [6.45, 7) is 2.11. The van der Waals surface area contributed by atoms with Gasteiger partial charge in [0.05, 0.1) is 23.2 Å². The van der Waals surface area contributed by atoms with Gasteiger partial charge in [-0.05, 0) is 13.1 Å². The number of fused-ring (bicyclic) bond motifs is 3. The lowest BCUT2D eigenvalue weighted by atomic mass is 10.0. The molecule has 3 heterocycles. The maximum absolute atomic E-state index is 15.2. The minimum absolute atomic E-state index is 0.0822. The lowest BCUT2D eigenvalue weighted by Crippen LogP contribution is -2.45. The normalized spacial score (nSPS) is 15.7. The third-order valence-corrected chi connectivity index (χ3v) is 5.95. The van der Waals surface area contributed by atoms with Crippen molar-refractivity contribution in [2.24, 2.45) is 0 Å². The largest absolute Gasteiger partial charge is 0.477 e. The monoisotopic (exact) mass is 391 g/mol. The first-order valence-corrected chi connectivity index (χ1v) is 9.36. The van der Waals surface area contributed by atoms with Gasteiger partial charge in [-0.3, -0.25) is 4.79 Å². The third-order valence-electron chi connectivity index (χ3n) is 5.07. The number of anilines is 1.